The van der Waals surface area contributed by atoms with Crippen molar-refractivity contribution in [2.75, 3.05) is 5.75 Å². The van der Waals surface area contributed by atoms with Crippen LogP contribution in [0.3, 0.4) is 0 Å². The van der Waals surface area contributed by atoms with Gasteiger partial charge in [-0.25, -0.2) is 13.2 Å². The fourth-order valence-corrected chi connectivity index (χ4v) is 5.59. The van der Waals surface area contributed by atoms with Gasteiger partial charge in [0.1, 0.15) is 6.10 Å². The fourth-order valence-electron chi connectivity index (χ4n) is 4.71. The molecule has 0 amide bonds. The van der Waals surface area contributed by atoms with Crippen molar-refractivity contribution in [1.82, 2.24) is 0 Å². The van der Waals surface area contributed by atoms with Crippen molar-refractivity contribution < 1.29 is 53.6 Å². The lowest BCUT2D eigenvalue weighted by Crippen LogP contribution is -2.63. The number of alkyl halides is 6. The lowest BCUT2D eigenvalue weighted by molar-refractivity contribution is -0.360. The predicted octanol–water partition coefficient (Wildman–Crippen LogP) is 4.60. The minimum atomic E-state index is -6.47. The van der Waals surface area contributed by atoms with E-state index in [4.69, 9.17) is 4.74 Å². The van der Waals surface area contributed by atoms with Crippen molar-refractivity contribution >= 4 is 16.3 Å². The molecule has 0 aliphatic heterocycles. The Kier molecular flexibility index (Phi) is 5.63. The van der Waals surface area contributed by atoms with Crippen LogP contribution in [0.2, 0.25) is 0 Å². The van der Waals surface area contributed by atoms with Crippen LogP contribution in [0.1, 0.15) is 40.5 Å². The third-order valence-electron chi connectivity index (χ3n) is 6.05. The van der Waals surface area contributed by atoms with Crippen molar-refractivity contribution in [3.05, 3.63) is 70.8 Å². The van der Waals surface area contributed by atoms with Crippen molar-refractivity contribution in [2.45, 2.75) is 42.3 Å². The second kappa shape index (κ2) is 7.87. The van der Waals surface area contributed by atoms with Gasteiger partial charge < -0.3 is 14.0 Å². The lowest BCUT2D eigenvalue weighted by Gasteiger charge is -2.45. The summed E-state index contributed by atoms with van der Waals surface area (Å²) in [7, 11) is -6.14. The average Bonchev–Trinajstić information content (AvgIpc) is 2.71. The molecule has 0 fully saturated rings. The molecule has 6 nitrogen and oxygen atoms in total. The first-order chi connectivity index (χ1) is 15.6. The quantitative estimate of drug-likeness (QED) is 0.340. The largest absolute Gasteiger partial charge is 0.748 e. The highest BCUT2D eigenvalue weighted by Gasteiger charge is 2.75. The van der Waals surface area contributed by atoms with Crippen LogP contribution < -0.4 is 0 Å². The monoisotopic (exact) mass is 509 g/mol. The van der Waals surface area contributed by atoms with Crippen molar-refractivity contribution in [1.29, 1.82) is 0 Å². The van der Waals surface area contributed by atoms with Gasteiger partial charge in [0, 0.05) is 11.8 Å². The molecule has 3 aliphatic rings. The number of hydrogen-bond acceptors (Lipinski definition) is 6. The summed E-state index contributed by atoms with van der Waals surface area (Å²) in [6.45, 7) is 0. The summed E-state index contributed by atoms with van der Waals surface area (Å²) in [6, 6.07) is 14.0. The van der Waals surface area contributed by atoms with Crippen LogP contribution >= 0.6 is 0 Å². The van der Waals surface area contributed by atoms with Crippen LogP contribution in [-0.2, 0) is 19.6 Å². The van der Waals surface area contributed by atoms with E-state index in [1.165, 1.54) is 0 Å². The molecule has 0 aromatic heterocycles. The number of carbonyl (C=O) groups is 1. The lowest BCUT2D eigenvalue weighted by atomic mass is 9.62. The summed E-state index contributed by atoms with van der Waals surface area (Å²) in [5.74, 6) is -4.11. The molecular formula is C21H15F6O6S-. The molecule has 0 N–H and O–H groups in total. The van der Waals surface area contributed by atoms with E-state index in [9.17, 15) is 44.1 Å². The van der Waals surface area contributed by atoms with Crippen LogP contribution in [0.15, 0.2) is 48.5 Å². The number of rotatable bonds is 4. The number of benzene rings is 2. The first kappa shape index (κ1) is 24.3. The highest BCUT2D eigenvalue weighted by atomic mass is 32.2. The van der Waals surface area contributed by atoms with Gasteiger partial charge in [-0.15, -0.1) is 0 Å². The van der Waals surface area contributed by atoms with Crippen molar-refractivity contribution in [3.63, 3.8) is 0 Å². The Labute approximate surface area is 189 Å². The maximum atomic E-state index is 13.4. The van der Waals surface area contributed by atoms with E-state index in [1.54, 1.807) is 36.4 Å². The smallest absolute Gasteiger partial charge is 0.509 e. The third-order valence-corrected chi connectivity index (χ3v) is 6.81. The molecule has 0 spiro atoms. The maximum absolute atomic E-state index is 13.4. The Morgan fingerprint density at radius 1 is 0.882 bits per heavy atom. The molecule has 2 aromatic carbocycles. The standard InChI is InChI=1S/C21H16F6O6S/c22-20(23,24)19(21(25,26)27,10-34(29,30)31)33-18(28)32-16-9-15-11-5-1-3-7-13(11)17(16)14-8-4-2-6-12(14)15/h1-8,15-17H,9-10H2,(H,29,30,31)/p-1. The Hall–Kier alpha value is -2.80. The van der Waals surface area contributed by atoms with Gasteiger partial charge in [0.2, 0.25) is 0 Å². The zero-order chi connectivity index (χ0) is 25.1. The third kappa shape index (κ3) is 4.00. The summed E-state index contributed by atoms with van der Waals surface area (Å²) in [5.41, 5.74) is -2.43. The van der Waals surface area contributed by atoms with Gasteiger partial charge in [-0.2, -0.15) is 26.3 Å². The van der Waals surface area contributed by atoms with Crippen LogP contribution in [-0.4, -0.2) is 48.9 Å². The Morgan fingerprint density at radius 2 is 1.32 bits per heavy atom. The first-order valence-electron chi connectivity index (χ1n) is 9.79. The molecule has 13 heteroatoms. The molecule has 0 radical (unpaired) electrons. The van der Waals surface area contributed by atoms with E-state index in [0.717, 1.165) is 11.1 Å². The molecule has 2 bridgehead atoms. The van der Waals surface area contributed by atoms with Crippen LogP contribution in [0.25, 0.3) is 0 Å². The van der Waals surface area contributed by atoms with Gasteiger partial charge in [-0.1, -0.05) is 48.5 Å². The van der Waals surface area contributed by atoms with Gasteiger partial charge in [-0.3, -0.25) is 0 Å². The second-order valence-corrected chi connectivity index (χ2v) is 9.46. The molecule has 1 atom stereocenters. The van der Waals surface area contributed by atoms with Crippen molar-refractivity contribution in [3.8, 4) is 0 Å². The minimum Gasteiger partial charge on any atom is -0.748 e. The highest BCUT2D eigenvalue weighted by molar-refractivity contribution is 7.85. The molecule has 0 heterocycles. The predicted molar refractivity (Wildman–Crippen MR) is 102 cm³/mol. The summed E-state index contributed by atoms with van der Waals surface area (Å²) >= 11 is 0. The van der Waals surface area contributed by atoms with Gasteiger partial charge in [-0.05, 0) is 28.7 Å². The molecule has 0 saturated heterocycles. The van der Waals surface area contributed by atoms with E-state index >= 15 is 0 Å². The number of halogens is 6. The van der Waals surface area contributed by atoms with E-state index in [0.29, 0.717) is 11.1 Å². The zero-order valence-electron chi connectivity index (χ0n) is 16.9. The SMILES string of the molecule is O=C(OC1CC2c3ccccc3C1c1ccccc12)OC(CS(=O)(=O)[O-])(C(F)(F)F)C(F)(F)F. The molecule has 3 aliphatic carbocycles. The molecule has 5 rings (SSSR count). The van der Waals surface area contributed by atoms with Gasteiger partial charge in [0.25, 0.3) is 0 Å². The maximum Gasteiger partial charge on any atom is 0.509 e. The molecular weight excluding hydrogens is 494 g/mol. The van der Waals surface area contributed by atoms with Crippen LogP contribution in [0, 0.1) is 0 Å². The Bertz CT molecular complexity index is 1160. The normalized spacial score (nSPS) is 22.0. The van der Waals surface area contributed by atoms with Crippen LogP contribution in [0.5, 0.6) is 0 Å². The summed E-state index contributed by atoms with van der Waals surface area (Å²) in [5, 5.41) is 0. The first-order valence-corrected chi connectivity index (χ1v) is 11.4. The van der Waals surface area contributed by atoms with Crippen LogP contribution in [0.4, 0.5) is 31.1 Å². The number of ether oxygens (including phenoxy) is 2. The van der Waals surface area contributed by atoms with Gasteiger partial charge in [0.05, 0.1) is 15.9 Å². The van der Waals surface area contributed by atoms with E-state index in [2.05, 4.69) is 4.74 Å². The molecule has 2 aromatic rings. The molecule has 0 saturated carbocycles. The summed E-state index contributed by atoms with van der Waals surface area (Å²) in [6.07, 6.45) is -16.5. The average molecular weight is 509 g/mol. The van der Waals surface area contributed by atoms with E-state index < -0.39 is 52.0 Å². The number of hydrogen-bond donors (Lipinski definition) is 0. The van der Waals surface area contributed by atoms with Gasteiger partial charge >= 0.3 is 24.1 Å². The van der Waals surface area contributed by atoms with E-state index in [1.807, 2.05) is 12.1 Å². The molecule has 184 valence electrons. The minimum absolute atomic E-state index is 0.0542. The molecule has 1 unspecified atom stereocenters. The van der Waals surface area contributed by atoms with E-state index in [-0.39, 0.29) is 12.3 Å². The number of fused-ring (bicyclic) bond motifs is 1. The zero-order valence-corrected chi connectivity index (χ0v) is 17.7. The molecule has 34 heavy (non-hydrogen) atoms. The summed E-state index contributed by atoms with van der Waals surface area (Å²) < 4.78 is 122. The second-order valence-electron chi connectivity index (χ2n) is 8.06. The topological polar surface area (TPSA) is 92.7 Å². The summed E-state index contributed by atoms with van der Waals surface area (Å²) in [4.78, 5) is 12.3. The Morgan fingerprint density at radius 3 is 1.74 bits per heavy atom. The van der Waals surface area contributed by atoms with Crippen molar-refractivity contribution in [2.24, 2.45) is 0 Å². The van der Waals surface area contributed by atoms with Gasteiger partial charge in [0.15, 0.2) is 0 Å². The Balaban J connectivity index is 1.68. The number of carbonyl (C=O) groups excluding carboxylic acids is 1. The highest BCUT2D eigenvalue weighted by Crippen LogP contribution is 2.54. The fraction of sp³-hybridized carbons (Fsp3) is 0.381.